The Hall–Kier alpha value is -3.33. The molecule has 4 rings (SSSR count). The molecule has 0 radical (unpaired) electrons. The van der Waals surface area contributed by atoms with Gasteiger partial charge in [0, 0.05) is 17.7 Å². The van der Waals surface area contributed by atoms with Crippen LogP contribution in [0.25, 0.3) is 22.5 Å². The van der Waals surface area contributed by atoms with E-state index in [9.17, 15) is 0 Å². The van der Waals surface area contributed by atoms with Crippen LogP contribution in [-0.2, 0) is 13.2 Å². The van der Waals surface area contributed by atoms with Crippen LogP contribution in [0, 0.1) is 0 Å². The Morgan fingerprint density at radius 1 is 0.733 bits per heavy atom. The van der Waals surface area contributed by atoms with Gasteiger partial charge in [0.25, 0.3) is 0 Å². The molecule has 0 atom stereocenters. The molecular weight excluding hydrogens is 368 g/mol. The van der Waals surface area contributed by atoms with Gasteiger partial charge in [-0.1, -0.05) is 111 Å². The van der Waals surface area contributed by atoms with Gasteiger partial charge in [-0.05, 0) is 12.0 Å². The number of hydrogen-bond donors (Lipinski definition) is 0. The molecule has 0 unspecified atom stereocenters. The maximum absolute atomic E-state index is 6.47. The molecule has 3 nitrogen and oxygen atoms in total. The quantitative estimate of drug-likeness (QED) is 0.285. The smallest absolute Gasteiger partial charge is 0.173 e. The Morgan fingerprint density at radius 3 is 1.97 bits per heavy atom. The molecule has 4 aromatic rings. The molecule has 0 spiro atoms. The summed E-state index contributed by atoms with van der Waals surface area (Å²) in [4.78, 5) is 0. The highest BCUT2D eigenvalue weighted by Gasteiger charge is 2.22. The van der Waals surface area contributed by atoms with Gasteiger partial charge in [-0.15, -0.1) is 0 Å². The lowest BCUT2D eigenvalue weighted by atomic mass is 10.1. The molecular formula is C27H28N2O. The minimum atomic E-state index is 0.515. The van der Waals surface area contributed by atoms with Gasteiger partial charge in [-0.2, -0.15) is 5.10 Å². The molecule has 0 aliphatic heterocycles. The normalized spacial score (nSPS) is 10.8. The molecule has 1 aromatic heterocycles. The molecule has 30 heavy (non-hydrogen) atoms. The van der Waals surface area contributed by atoms with E-state index in [4.69, 9.17) is 9.84 Å². The topological polar surface area (TPSA) is 27.1 Å². The van der Waals surface area contributed by atoms with Gasteiger partial charge in [-0.3, -0.25) is 4.68 Å². The Labute approximate surface area is 179 Å². The predicted molar refractivity (Wildman–Crippen MR) is 123 cm³/mol. The summed E-state index contributed by atoms with van der Waals surface area (Å²) in [6.45, 7) is 3.62. The molecule has 0 aliphatic carbocycles. The van der Waals surface area contributed by atoms with Crippen LogP contribution in [0.4, 0.5) is 0 Å². The van der Waals surface area contributed by atoms with E-state index < -0.39 is 0 Å². The number of aryl methyl sites for hydroxylation is 1. The molecule has 3 heteroatoms. The number of aromatic nitrogens is 2. The van der Waals surface area contributed by atoms with Crippen LogP contribution >= 0.6 is 0 Å². The zero-order chi connectivity index (χ0) is 20.6. The van der Waals surface area contributed by atoms with E-state index in [1.807, 2.05) is 30.3 Å². The summed E-state index contributed by atoms with van der Waals surface area (Å²) in [5.74, 6) is 0.854. The summed E-state index contributed by atoms with van der Waals surface area (Å²) in [5, 5.41) is 5.03. The summed E-state index contributed by atoms with van der Waals surface area (Å²) in [7, 11) is 0. The Bertz CT molecular complexity index is 1040. The maximum Gasteiger partial charge on any atom is 0.173 e. The lowest BCUT2D eigenvalue weighted by Gasteiger charge is -2.12. The summed E-state index contributed by atoms with van der Waals surface area (Å²) in [5.41, 5.74) is 5.32. The van der Waals surface area contributed by atoms with Crippen molar-refractivity contribution in [1.29, 1.82) is 0 Å². The van der Waals surface area contributed by atoms with Crippen molar-refractivity contribution >= 4 is 0 Å². The number of benzene rings is 3. The molecule has 0 bridgehead atoms. The standard InChI is InChI=1S/C27H28N2O/c1-2-3-13-20-29-26(24-18-11-6-12-19-24)27(30-21-22-14-7-4-8-15-22)25(28-29)23-16-9-5-10-17-23/h4-12,14-19H,2-3,13,20-21H2,1H3. The second-order valence-electron chi connectivity index (χ2n) is 7.46. The van der Waals surface area contributed by atoms with Gasteiger partial charge in [0.15, 0.2) is 5.75 Å². The largest absolute Gasteiger partial charge is 0.484 e. The predicted octanol–water partition coefficient (Wildman–Crippen LogP) is 6.99. The first-order chi connectivity index (χ1) is 14.9. The zero-order valence-electron chi connectivity index (χ0n) is 17.5. The fraction of sp³-hybridized carbons (Fsp3) is 0.222. The lowest BCUT2D eigenvalue weighted by molar-refractivity contribution is 0.308. The van der Waals surface area contributed by atoms with E-state index in [0.717, 1.165) is 46.8 Å². The molecule has 0 saturated carbocycles. The first-order valence-electron chi connectivity index (χ1n) is 10.7. The van der Waals surface area contributed by atoms with Crippen molar-refractivity contribution in [2.75, 3.05) is 0 Å². The van der Waals surface area contributed by atoms with Crippen molar-refractivity contribution < 1.29 is 4.74 Å². The molecule has 152 valence electrons. The first kappa shape index (κ1) is 20.0. The van der Waals surface area contributed by atoms with Crippen LogP contribution in [0.3, 0.4) is 0 Å². The van der Waals surface area contributed by atoms with Gasteiger partial charge in [-0.25, -0.2) is 0 Å². The van der Waals surface area contributed by atoms with Crippen LogP contribution in [0.1, 0.15) is 31.7 Å². The van der Waals surface area contributed by atoms with Crippen molar-refractivity contribution in [3.8, 4) is 28.3 Å². The van der Waals surface area contributed by atoms with Crippen molar-refractivity contribution in [3.63, 3.8) is 0 Å². The highest BCUT2D eigenvalue weighted by atomic mass is 16.5. The second-order valence-corrected chi connectivity index (χ2v) is 7.46. The number of ether oxygens (including phenoxy) is 1. The minimum Gasteiger partial charge on any atom is -0.484 e. The fourth-order valence-corrected chi connectivity index (χ4v) is 3.65. The Balaban J connectivity index is 1.80. The molecule has 0 aliphatic rings. The van der Waals surface area contributed by atoms with Crippen LogP contribution in [0.15, 0.2) is 91.0 Å². The van der Waals surface area contributed by atoms with E-state index in [1.165, 1.54) is 12.8 Å². The lowest BCUT2D eigenvalue weighted by Crippen LogP contribution is -2.03. The summed E-state index contributed by atoms with van der Waals surface area (Å²) in [6.07, 6.45) is 3.48. The molecule has 3 aromatic carbocycles. The van der Waals surface area contributed by atoms with Gasteiger partial charge in [0.1, 0.15) is 18.0 Å². The number of hydrogen-bond acceptors (Lipinski definition) is 2. The van der Waals surface area contributed by atoms with Crippen molar-refractivity contribution in [3.05, 3.63) is 96.6 Å². The van der Waals surface area contributed by atoms with Crippen LogP contribution in [0.5, 0.6) is 5.75 Å². The molecule has 1 heterocycles. The number of rotatable bonds is 9. The van der Waals surface area contributed by atoms with Crippen LogP contribution in [-0.4, -0.2) is 9.78 Å². The van der Waals surface area contributed by atoms with Crippen molar-refractivity contribution in [2.24, 2.45) is 0 Å². The summed E-state index contributed by atoms with van der Waals surface area (Å²) < 4.78 is 8.60. The Kier molecular flexibility index (Phi) is 6.61. The van der Waals surface area contributed by atoms with Crippen molar-refractivity contribution in [2.45, 2.75) is 39.3 Å². The highest BCUT2D eigenvalue weighted by molar-refractivity contribution is 5.78. The average Bonchev–Trinajstić information content (AvgIpc) is 3.18. The van der Waals surface area contributed by atoms with Gasteiger partial charge >= 0.3 is 0 Å². The van der Waals surface area contributed by atoms with Crippen LogP contribution in [0.2, 0.25) is 0 Å². The van der Waals surface area contributed by atoms with E-state index in [-0.39, 0.29) is 0 Å². The third-order valence-corrected chi connectivity index (χ3v) is 5.20. The monoisotopic (exact) mass is 396 g/mol. The third-order valence-electron chi connectivity index (χ3n) is 5.20. The number of unbranched alkanes of at least 4 members (excludes halogenated alkanes) is 2. The average molecular weight is 397 g/mol. The second kappa shape index (κ2) is 9.93. The van der Waals surface area contributed by atoms with E-state index in [0.29, 0.717) is 6.61 Å². The summed E-state index contributed by atoms with van der Waals surface area (Å²) in [6, 6.07) is 31.1. The number of nitrogens with zero attached hydrogens (tertiary/aromatic N) is 2. The van der Waals surface area contributed by atoms with E-state index >= 15 is 0 Å². The zero-order valence-corrected chi connectivity index (χ0v) is 17.5. The Morgan fingerprint density at radius 2 is 1.33 bits per heavy atom. The maximum atomic E-state index is 6.47. The van der Waals surface area contributed by atoms with Crippen molar-refractivity contribution in [1.82, 2.24) is 9.78 Å². The van der Waals surface area contributed by atoms with Gasteiger partial charge in [0.2, 0.25) is 0 Å². The molecule has 0 amide bonds. The molecule has 0 saturated heterocycles. The fourth-order valence-electron chi connectivity index (χ4n) is 3.65. The molecule has 0 fully saturated rings. The third kappa shape index (κ3) is 4.62. The van der Waals surface area contributed by atoms with Gasteiger partial charge < -0.3 is 4.74 Å². The summed E-state index contributed by atoms with van der Waals surface area (Å²) >= 11 is 0. The van der Waals surface area contributed by atoms with E-state index in [2.05, 4.69) is 72.3 Å². The first-order valence-corrected chi connectivity index (χ1v) is 10.7. The molecule has 0 N–H and O–H groups in total. The van der Waals surface area contributed by atoms with Crippen LogP contribution < -0.4 is 4.74 Å². The van der Waals surface area contributed by atoms with E-state index in [1.54, 1.807) is 0 Å². The minimum absolute atomic E-state index is 0.515. The highest BCUT2D eigenvalue weighted by Crippen LogP contribution is 2.39. The SMILES string of the molecule is CCCCCn1nc(-c2ccccc2)c(OCc2ccccc2)c1-c1ccccc1. The van der Waals surface area contributed by atoms with Gasteiger partial charge in [0.05, 0.1) is 0 Å².